The number of nitrogens with two attached hydrogens (primary N) is 1. The highest BCUT2D eigenvalue weighted by Crippen LogP contribution is 2.18. The van der Waals surface area contributed by atoms with Gasteiger partial charge < -0.3 is 15.2 Å². The summed E-state index contributed by atoms with van der Waals surface area (Å²) < 4.78 is 10.2. The van der Waals surface area contributed by atoms with Crippen molar-refractivity contribution in [2.75, 3.05) is 13.2 Å². The summed E-state index contributed by atoms with van der Waals surface area (Å²) in [4.78, 5) is 11.4. The van der Waals surface area contributed by atoms with Crippen LogP contribution >= 0.6 is 0 Å². The molecule has 0 saturated heterocycles. The van der Waals surface area contributed by atoms with Crippen molar-refractivity contribution in [1.29, 1.82) is 0 Å². The number of hydrogen-bond acceptors (Lipinski definition) is 4. The van der Waals surface area contributed by atoms with Gasteiger partial charge in [-0.25, -0.2) is 0 Å². The van der Waals surface area contributed by atoms with Gasteiger partial charge in [0.15, 0.2) is 0 Å². The minimum Gasteiger partial charge on any atom is -0.462 e. The molecular weight excluding hydrogens is 194 g/mol. The number of carbonyl (C=O) groups excluding carboxylic acids is 1. The van der Waals surface area contributed by atoms with Gasteiger partial charge in [0.05, 0.1) is 12.7 Å². The normalized spacial score (nSPS) is 14.1. The second kappa shape index (κ2) is 6.08. The highest BCUT2D eigenvalue weighted by atomic mass is 16.6. The molecule has 0 aromatic rings. The summed E-state index contributed by atoms with van der Waals surface area (Å²) >= 11 is 0. The lowest BCUT2D eigenvalue weighted by Gasteiger charge is -2.24. The van der Waals surface area contributed by atoms with Crippen LogP contribution in [-0.2, 0) is 14.3 Å². The molecule has 90 valence electrons. The zero-order valence-corrected chi connectivity index (χ0v) is 10.4. The van der Waals surface area contributed by atoms with Crippen LogP contribution < -0.4 is 5.73 Å². The molecule has 0 aliphatic rings. The smallest absolute Gasteiger partial charge is 0.323 e. The summed E-state index contributed by atoms with van der Waals surface area (Å²) in [6, 6.07) is -0.587. The number of carbonyl (C=O) groups is 1. The summed E-state index contributed by atoms with van der Waals surface area (Å²) in [6.07, 6.45) is 0.153. The number of rotatable bonds is 5. The van der Waals surface area contributed by atoms with Crippen molar-refractivity contribution < 1.29 is 14.3 Å². The molecular formula is C11H23NO3. The van der Waals surface area contributed by atoms with Crippen LogP contribution in [0, 0.1) is 5.41 Å². The first-order valence-corrected chi connectivity index (χ1v) is 5.29. The van der Waals surface area contributed by atoms with E-state index in [1.165, 1.54) is 0 Å². The van der Waals surface area contributed by atoms with E-state index in [4.69, 9.17) is 15.2 Å². The van der Waals surface area contributed by atoms with Crippen molar-refractivity contribution in [2.24, 2.45) is 11.1 Å². The van der Waals surface area contributed by atoms with Gasteiger partial charge in [-0.1, -0.05) is 20.8 Å². The maximum absolute atomic E-state index is 11.4. The summed E-state index contributed by atoms with van der Waals surface area (Å²) in [6.45, 7) is 10.3. The van der Waals surface area contributed by atoms with Gasteiger partial charge in [-0.05, 0) is 19.3 Å². The molecule has 0 aromatic carbocycles. The summed E-state index contributed by atoms with van der Waals surface area (Å²) in [5.74, 6) is -0.366. The van der Waals surface area contributed by atoms with Gasteiger partial charge in [0.2, 0.25) is 0 Å². The lowest BCUT2D eigenvalue weighted by molar-refractivity contribution is -0.149. The fourth-order valence-corrected chi connectivity index (χ4v) is 0.869. The van der Waals surface area contributed by atoms with Gasteiger partial charge in [-0.2, -0.15) is 0 Å². The van der Waals surface area contributed by atoms with E-state index in [0.717, 1.165) is 0 Å². The van der Waals surface area contributed by atoms with Crippen LogP contribution in [0.1, 0.15) is 34.6 Å². The second-order valence-electron chi connectivity index (χ2n) is 4.93. The van der Waals surface area contributed by atoms with Crippen LogP contribution in [0.25, 0.3) is 0 Å². The first kappa shape index (κ1) is 14.4. The van der Waals surface area contributed by atoms with Gasteiger partial charge in [0.25, 0.3) is 0 Å². The number of ether oxygens (including phenoxy) is 2. The fraction of sp³-hybridized carbons (Fsp3) is 0.909. The van der Waals surface area contributed by atoms with E-state index in [-0.39, 0.29) is 24.1 Å². The van der Waals surface area contributed by atoms with Crippen molar-refractivity contribution in [3.8, 4) is 0 Å². The lowest BCUT2D eigenvalue weighted by Crippen LogP contribution is -2.43. The van der Waals surface area contributed by atoms with Crippen molar-refractivity contribution in [1.82, 2.24) is 0 Å². The Morgan fingerprint density at radius 2 is 1.80 bits per heavy atom. The maximum atomic E-state index is 11.4. The van der Waals surface area contributed by atoms with Crippen molar-refractivity contribution in [2.45, 2.75) is 46.8 Å². The molecule has 0 amide bonds. The Balaban J connectivity index is 3.75. The Hall–Kier alpha value is -0.610. The Bertz CT molecular complexity index is 196. The van der Waals surface area contributed by atoms with Gasteiger partial charge in [-0.15, -0.1) is 0 Å². The molecule has 0 aliphatic carbocycles. The van der Waals surface area contributed by atoms with E-state index >= 15 is 0 Å². The molecule has 0 spiro atoms. The third-order valence-electron chi connectivity index (χ3n) is 1.97. The zero-order valence-electron chi connectivity index (χ0n) is 10.4. The van der Waals surface area contributed by atoms with Crippen molar-refractivity contribution >= 4 is 5.97 Å². The molecule has 4 heteroatoms. The average molecular weight is 217 g/mol. The van der Waals surface area contributed by atoms with E-state index in [1.54, 1.807) is 0 Å². The first-order chi connectivity index (χ1) is 6.75. The van der Waals surface area contributed by atoms with Crippen LogP contribution in [0.5, 0.6) is 0 Å². The quantitative estimate of drug-likeness (QED) is 0.557. The molecule has 15 heavy (non-hydrogen) atoms. The molecule has 0 radical (unpaired) electrons. The van der Waals surface area contributed by atoms with Crippen LogP contribution in [-0.4, -0.2) is 31.3 Å². The molecule has 0 bridgehead atoms. The second-order valence-corrected chi connectivity index (χ2v) is 4.93. The molecule has 1 atom stereocenters. The van der Waals surface area contributed by atoms with E-state index in [2.05, 4.69) is 0 Å². The van der Waals surface area contributed by atoms with E-state index in [9.17, 15) is 4.79 Å². The largest absolute Gasteiger partial charge is 0.462 e. The minimum absolute atomic E-state index is 0.153. The molecule has 0 heterocycles. The zero-order chi connectivity index (χ0) is 12.1. The predicted molar refractivity (Wildman–Crippen MR) is 59.5 cm³/mol. The average Bonchev–Trinajstić information content (AvgIpc) is 2.09. The van der Waals surface area contributed by atoms with Crippen LogP contribution in [0.2, 0.25) is 0 Å². The number of hydrogen-bond donors (Lipinski definition) is 1. The lowest BCUT2D eigenvalue weighted by atomic mass is 9.87. The summed E-state index contributed by atoms with van der Waals surface area (Å²) in [5.41, 5.74) is 5.45. The topological polar surface area (TPSA) is 61.5 Å². The molecule has 2 N–H and O–H groups in total. The third-order valence-corrected chi connectivity index (χ3v) is 1.97. The SMILES string of the molecule is CC(C)OCCOC(=O)[C@@H](N)C(C)(C)C. The molecule has 0 rings (SSSR count). The predicted octanol–water partition coefficient (Wildman–Crippen LogP) is 1.33. The first-order valence-electron chi connectivity index (χ1n) is 5.29. The fourth-order valence-electron chi connectivity index (χ4n) is 0.869. The van der Waals surface area contributed by atoms with Crippen LogP contribution in [0.3, 0.4) is 0 Å². The van der Waals surface area contributed by atoms with Crippen LogP contribution in [0.4, 0.5) is 0 Å². The molecule has 0 aromatic heterocycles. The Labute approximate surface area is 92.1 Å². The van der Waals surface area contributed by atoms with Crippen molar-refractivity contribution in [3.05, 3.63) is 0 Å². The van der Waals surface area contributed by atoms with Crippen LogP contribution in [0.15, 0.2) is 0 Å². The summed E-state index contributed by atoms with van der Waals surface area (Å²) in [7, 11) is 0. The highest BCUT2D eigenvalue weighted by molar-refractivity contribution is 5.76. The molecule has 0 saturated carbocycles. The van der Waals surface area contributed by atoms with Gasteiger partial charge in [0.1, 0.15) is 12.6 Å². The standard InChI is InChI=1S/C11H23NO3/c1-8(2)14-6-7-15-10(13)9(12)11(3,4)5/h8-9H,6-7,12H2,1-5H3/t9-/m1/s1. The van der Waals surface area contributed by atoms with E-state index in [1.807, 2.05) is 34.6 Å². The van der Waals surface area contributed by atoms with Gasteiger partial charge in [-0.3, -0.25) is 4.79 Å². The van der Waals surface area contributed by atoms with E-state index in [0.29, 0.717) is 6.61 Å². The Morgan fingerprint density at radius 1 is 1.27 bits per heavy atom. The Morgan fingerprint density at radius 3 is 2.20 bits per heavy atom. The molecule has 4 nitrogen and oxygen atoms in total. The van der Waals surface area contributed by atoms with Gasteiger partial charge >= 0.3 is 5.97 Å². The van der Waals surface area contributed by atoms with Gasteiger partial charge in [0, 0.05) is 0 Å². The Kier molecular flexibility index (Phi) is 5.83. The molecule has 0 unspecified atom stereocenters. The van der Waals surface area contributed by atoms with E-state index < -0.39 is 6.04 Å². The molecule has 0 aliphatic heterocycles. The number of esters is 1. The summed E-state index contributed by atoms with van der Waals surface area (Å²) in [5, 5.41) is 0. The highest BCUT2D eigenvalue weighted by Gasteiger charge is 2.28. The maximum Gasteiger partial charge on any atom is 0.323 e. The monoisotopic (exact) mass is 217 g/mol. The minimum atomic E-state index is -0.587. The third kappa shape index (κ3) is 6.47. The van der Waals surface area contributed by atoms with Crippen molar-refractivity contribution in [3.63, 3.8) is 0 Å². The molecule has 0 fully saturated rings.